The highest BCUT2D eigenvalue weighted by atomic mass is 35.5. The Kier molecular flexibility index (Phi) is 4.33. The number of hydrogen-bond donors (Lipinski definition) is 1. The van der Waals surface area contributed by atoms with Gasteiger partial charge in [-0.2, -0.15) is 0 Å². The summed E-state index contributed by atoms with van der Waals surface area (Å²) in [6.07, 6.45) is 4.13. The molecule has 2 aromatic heterocycles. The molecule has 1 aromatic carbocycles. The van der Waals surface area contributed by atoms with Crippen LogP contribution in [0, 0.1) is 0 Å². The van der Waals surface area contributed by atoms with Gasteiger partial charge in [-0.05, 0) is 31.9 Å². The number of aryl methyl sites for hydroxylation is 1. The second-order valence-corrected chi connectivity index (χ2v) is 7.09. The smallest absolute Gasteiger partial charge is 0.253 e. The maximum Gasteiger partial charge on any atom is 0.253 e. The molecule has 0 saturated heterocycles. The van der Waals surface area contributed by atoms with Crippen molar-refractivity contribution in [2.75, 3.05) is 0 Å². The zero-order valence-corrected chi connectivity index (χ0v) is 14.8. The van der Waals surface area contributed by atoms with Crippen molar-refractivity contribution in [1.29, 1.82) is 0 Å². The molecule has 0 aliphatic rings. The lowest BCUT2D eigenvalue weighted by molar-refractivity contribution is 0.0913. The number of halogens is 1. The van der Waals surface area contributed by atoms with Crippen LogP contribution in [0.15, 0.2) is 48.8 Å². The number of hydrogen-bond acceptors (Lipinski definition) is 2. The second-order valence-electron chi connectivity index (χ2n) is 6.68. The Morgan fingerprint density at radius 2 is 2.00 bits per heavy atom. The number of carbonyl (C=O) groups is 1. The predicted molar refractivity (Wildman–Crippen MR) is 97.4 cm³/mol. The molecule has 0 spiro atoms. The molecule has 3 aromatic rings. The van der Waals surface area contributed by atoms with Gasteiger partial charge in [0.15, 0.2) is 0 Å². The van der Waals surface area contributed by atoms with Crippen LogP contribution in [-0.2, 0) is 13.5 Å². The summed E-state index contributed by atoms with van der Waals surface area (Å²) in [4.78, 5) is 17.0. The van der Waals surface area contributed by atoms with Crippen molar-refractivity contribution < 1.29 is 4.79 Å². The van der Waals surface area contributed by atoms with Crippen molar-refractivity contribution in [3.8, 4) is 0 Å². The molecule has 124 valence electrons. The molecule has 0 aliphatic carbocycles. The van der Waals surface area contributed by atoms with E-state index in [1.165, 1.54) is 5.56 Å². The van der Waals surface area contributed by atoms with E-state index in [-0.39, 0.29) is 11.4 Å². The molecule has 3 rings (SSSR count). The van der Waals surface area contributed by atoms with Crippen LogP contribution in [0.25, 0.3) is 11.0 Å². The Morgan fingerprint density at radius 3 is 2.71 bits per heavy atom. The molecule has 2 heterocycles. The maximum atomic E-state index is 12.6. The number of nitrogens with one attached hydrogen (secondary N) is 1. The van der Waals surface area contributed by atoms with Crippen molar-refractivity contribution >= 4 is 28.5 Å². The van der Waals surface area contributed by atoms with Gasteiger partial charge in [0.05, 0.1) is 10.6 Å². The Labute approximate surface area is 146 Å². The van der Waals surface area contributed by atoms with E-state index >= 15 is 0 Å². The van der Waals surface area contributed by atoms with Gasteiger partial charge in [-0.25, -0.2) is 4.98 Å². The van der Waals surface area contributed by atoms with E-state index in [9.17, 15) is 4.79 Å². The lowest BCUT2D eigenvalue weighted by atomic mass is 9.94. The van der Waals surface area contributed by atoms with Gasteiger partial charge in [0.2, 0.25) is 0 Å². The van der Waals surface area contributed by atoms with Gasteiger partial charge >= 0.3 is 0 Å². The highest BCUT2D eigenvalue weighted by molar-refractivity contribution is 6.35. The molecule has 4 nitrogen and oxygen atoms in total. The third-order valence-corrected chi connectivity index (χ3v) is 4.27. The minimum atomic E-state index is -0.367. The summed E-state index contributed by atoms with van der Waals surface area (Å²) in [6.45, 7) is 4.03. The Balaban J connectivity index is 1.80. The fourth-order valence-corrected chi connectivity index (χ4v) is 3.15. The number of fused-ring (bicyclic) bond motifs is 1. The molecule has 1 N–H and O–H groups in total. The maximum absolute atomic E-state index is 12.6. The van der Waals surface area contributed by atoms with Crippen LogP contribution in [0.4, 0.5) is 0 Å². The minimum absolute atomic E-state index is 0.148. The number of aromatic nitrogens is 2. The number of nitrogens with zero attached hydrogens (tertiary/aromatic N) is 2. The average Bonchev–Trinajstić information content (AvgIpc) is 2.81. The van der Waals surface area contributed by atoms with Crippen LogP contribution in [0.3, 0.4) is 0 Å². The molecular formula is C19H20ClN3O. The van der Waals surface area contributed by atoms with Crippen LogP contribution in [0.2, 0.25) is 5.02 Å². The first-order valence-corrected chi connectivity index (χ1v) is 8.20. The minimum Gasteiger partial charge on any atom is -0.347 e. The van der Waals surface area contributed by atoms with Crippen LogP contribution in [0.1, 0.15) is 29.8 Å². The number of rotatable bonds is 4. The van der Waals surface area contributed by atoms with E-state index in [0.29, 0.717) is 10.6 Å². The van der Waals surface area contributed by atoms with Gasteiger partial charge in [0, 0.05) is 30.4 Å². The average molecular weight is 342 g/mol. The second kappa shape index (κ2) is 6.29. The van der Waals surface area contributed by atoms with Crippen LogP contribution in [0.5, 0.6) is 0 Å². The summed E-state index contributed by atoms with van der Waals surface area (Å²) in [5, 5.41) is 4.46. The van der Waals surface area contributed by atoms with Gasteiger partial charge in [-0.3, -0.25) is 4.79 Å². The molecule has 0 radical (unpaired) electrons. The third-order valence-electron chi connectivity index (χ3n) is 3.97. The topological polar surface area (TPSA) is 46.9 Å². The molecule has 0 saturated carbocycles. The van der Waals surface area contributed by atoms with E-state index in [1.807, 2.05) is 43.7 Å². The molecule has 0 aliphatic heterocycles. The molecular weight excluding hydrogens is 322 g/mol. The first-order chi connectivity index (χ1) is 11.4. The van der Waals surface area contributed by atoms with Crippen LogP contribution >= 0.6 is 11.6 Å². The third kappa shape index (κ3) is 3.44. The van der Waals surface area contributed by atoms with Gasteiger partial charge in [-0.1, -0.05) is 41.9 Å². The molecule has 5 heteroatoms. The summed E-state index contributed by atoms with van der Waals surface area (Å²) < 4.78 is 1.85. The van der Waals surface area contributed by atoms with Gasteiger partial charge in [-0.15, -0.1) is 0 Å². The standard InChI is InChI=1S/C19H20ClN3O/c1-19(2,10-13-7-5-4-6-8-13)22-18(24)14-9-15-16(20)12-23(3)17(15)21-11-14/h4-9,11-12H,10H2,1-3H3,(H,22,24). The summed E-state index contributed by atoms with van der Waals surface area (Å²) in [7, 11) is 1.88. The van der Waals surface area contributed by atoms with Crippen molar-refractivity contribution in [1.82, 2.24) is 14.9 Å². The van der Waals surface area contributed by atoms with Gasteiger partial charge in [0.1, 0.15) is 5.65 Å². The van der Waals surface area contributed by atoms with Gasteiger partial charge in [0.25, 0.3) is 5.91 Å². The molecule has 1 amide bonds. The normalized spacial score (nSPS) is 11.7. The summed E-state index contributed by atoms with van der Waals surface area (Å²) in [6, 6.07) is 11.9. The largest absolute Gasteiger partial charge is 0.347 e. The first-order valence-electron chi connectivity index (χ1n) is 7.83. The van der Waals surface area contributed by atoms with E-state index in [0.717, 1.165) is 17.5 Å². The Bertz CT molecular complexity index is 884. The zero-order chi connectivity index (χ0) is 17.3. The Hall–Kier alpha value is -2.33. The molecule has 0 bridgehead atoms. The molecule has 0 fully saturated rings. The summed E-state index contributed by atoms with van der Waals surface area (Å²) >= 11 is 6.20. The van der Waals surface area contributed by atoms with Crippen molar-refractivity contribution in [2.45, 2.75) is 25.8 Å². The fourth-order valence-electron chi connectivity index (χ4n) is 2.87. The van der Waals surface area contributed by atoms with E-state index < -0.39 is 0 Å². The zero-order valence-electron chi connectivity index (χ0n) is 14.0. The van der Waals surface area contributed by atoms with Crippen molar-refractivity contribution in [2.24, 2.45) is 7.05 Å². The number of carbonyl (C=O) groups excluding carboxylic acids is 1. The van der Waals surface area contributed by atoms with E-state index in [4.69, 9.17) is 11.6 Å². The predicted octanol–water partition coefficient (Wildman–Crippen LogP) is 3.98. The number of amides is 1. The molecule has 24 heavy (non-hydrogen) atoms. The number of benzene rings is 1. The van der Waals surface area contributed by atoms with Crippen molar-refractivity contribution in [3.05, 3.63) is 64.9 Å². The summed E-state index contributed by atoms with van der Waals surface area (Å²) in [5.41, 5.74) is 2.09. The highest BCUT2D eigenvalue weighted by Gasteiger charge is 2.22. The summed E-state index contributed by atoms with van der Waals surface area (Å²) in [5.74, 6) is -0.148. The molecule has 0 unspecified atom stereocenters. The van der Waals surface area contributed by atoms with E-state index in [1.54, 1.807) is 18.5 Å². The fraction of sp³-hybridized carbons (Fsp3) is 0.263. The highest BCUT2D eigenvalue weighted by Crippen LogP contribution is 2.24. The lowest BCUT2D eigenvalue weighted by Crippen LogP contribution is -2.45. The van der Waals surface area contributed by atoms with Crippen LogP contribution in [-0.4, -0.2) is 21.0 Å². The number of pyridine rings is 1. The Morgan fingerprint density at radius 1 is 1.29 bits per heavy atom. The SMILES string of the molecule is Cn1cc(Cl)c2cc(C(=O)NC(C)(C)Cc3ccccc3)cnc21. The monoisotopic (exact) mass is 341 g/mol. The lowest BCUT2D eigenvalue weighted by Gasteiger charge is -2.26. The quantitative estimate of drug-likeness (QED) is 0.780. The van der Waals surface area contributed by atoms with Crippen LogP contribution < -0.4 is 5.32 Å². The van der Waals surface area contributed by atoms with E-state index in [2.05, 4.69) is 22.4 Å². The molecule has 0 atom stereocenters. The van der Waals surface area contributed by atoms with Gasteiger partial charge < -0.3 is 9.88 Å². The first kappa shape index (κ1) is 16.5. The van der Waals surface area contributed by atoms with Crippen molar-refractivity contribution in [3.63, 3.8) is 0 Å².